The molecule has 1 rings (SSSR count). The normalized spacial score (nSPS) is 11.7. The van der Waals surface area contributed by atoms with Crippen LogP contribution in [0.4, 0.5) is 11.4 Å². The minimum Gasteiger partial charge on any atom is -0.326 e. The van der Waals surface area contributed by atoms with Crippen molar-refractivity contribution in [3.63, 3.8) is 0 Å². The summed E-state index contributed by atoms with van der Waals surface area (Å²) in [5.41, 5.74) is 1.41. The van der Waals surface area contributed by atoms with Crippen molar-refractivity contribution in [2.24, 2.45) is 0 Å². The smallest absolute Gasteiger partial charge is 0.237 e. The summed E-state index contributed by atoms with van der Waals surface area (Å²) in [7, 11) is 0. The highest BCUT2D eigenvalue weighted by Crippen LogP contribution is 2.14. The van der Waals surface area contributed by atoms with Gasteiger partial charge in [-0.3, -0.25) is 9.59 Å². The molecule has 5 heteroatoms. The minimum atomic E-state index is -0.234. The average Bonchev–Trinajstić information content (AvgIpc) is 2.20. The molecule has 16 heavy (non-hydrogen) atoms. The highest BCUT2D eigenvalue weighted by Gasteiger charge is 2.08. The maximum Gasteiger partial charge on any atom is 0.237 e. The summed E-state index contributed by atoms with van der Waals surface area (Å²) in [5.74, 6) is -0.224. The molecule has 0 saturated carbocycles. The predicted octanol–water partition coefficient (Wildman–Crippen LogP) is 2.37. The lowest BCUT2D eigenvalue weighted by molar-refractivity contribution is -0.115. The first-order chi connectivity index (χ1) is 7.49. The second kappa shape index (κ2) is 5.65. The fourth-order valence-corrected chi connectivity index (χ4v) is 1.20. The third-order valence-electron chi connectivity index (χ3n) is 1.83. The van der Waals surface area contributed by atoms with Gasteiger partial charge in [0.2, 0.25) is 11.8 Å². The van der Waals surface area contributed by atoms with Crippen molar-refractivity contribution < 1.29 is 9.59 Å². The van der Waals surface area contributed by atoms with Crippen LogP contribution in [-0.2, 0) is 9.59 Å². The first kappa shape index (κ1) is 12.7. The Labute approximate surface area is 103 Å². The Morgan fingerprint density at radius 3 is 1.94 bits per heavy atom. The number of hydrogen-bond acceptors (Lipinski definition) is 2. The maximum atomic E-state index is 11.3. The number of carbonyl (C=O) groups excluding carboxylic acids is 2. The van der Waals surface area contributed by atoms with Crippen molar-refractivity contribution in [3.8, 4) is 0 Å². The van der Waals surface area contributed by atoms with Crippen LogP contribution in [0.15, 0.2) is 24.3 Å². The molecule has 0 spiro atoms. The van der Waals surface area contributed by atoms with Gasteiger partial charge in [0.1, 0.15) is 0 Å². The molecule has 0 aromatic heterocycles. The van der Waals surface area contributed by atoms with E-state index in [0.717, 1.165) is 0 Å². The molecule has 0 radical (unpaired) electrons. The van der Waals surface area contributed by atoms with Crippen LogP contribution in [0.3, 0.4) is 0 Å². The standard InChI is InChI=1S/C11H13BrN2O2/c1-7(12)11(16)14-10-5-3-9(4-6-10)13-8(2)15/h3-7H,1-2H3,(H,13,15)(H,14,16). The molecule has 0 aliphatic rings. The van der Waals surface area contributed by atoms with E-state index in [1.165, 1.54) is 6.92 Å². The SMILES string of the molecule is CC(=O)Nc1ccc(NC(=O)C(C)Br)cc1. The quantitative estimate of drug-likeness (QED) is 0.838. The zero-order valence-electron chi connectivity index (χ0n) is 9.08. The van der Waals surface area contributed by atoms with E-state index in [4.69, 9.17) is 0 Å². The number of nitrogens with one attached hydrogen (secondary N) is 2. The van der Waals surface area contributed by atoms with Gasteiger partial charge in [0.05, 0.1) is 4.83 Å². The largest absolute Gasteiger partial charge is 0.326 e. The topological polar surface area (TPSA) is 58.2 Å². The molecule has 0 aliphatic heterocycles. The molecule has 86 valence electrons. The first-order valence-electron chi connectivity index (χ1n) is 4.81. The molecule has 2 amide bonds. The molecule has 1 atom stereocenters. The van der Waals surface area contributed by atoms with E-state index in [-0.39, 0.29) is 16.6 Å². The van der Waals surface area contributed by atoms with E-state index in [0.29, 0.717) is 11.4 Å². The minimum absolute atomic E-state index is 0.104. The molecule has 0 fully saturated rings. The molecule has 0 aliphatic carbocycles. The Bertz CT molecular complexity index is 387. The first-order valence-corrected chi connectivity index (χ1v) is 5.73. The molecular formula is C11H13BrN2O2. The van der Waals surface area contributed by atoms with E-state index in [9.17, 15) is 9.59 Å². The van der Waals surface area contributed by atoms with Crippen LogP contribution in [0.5, 0.6) is 0 Å². The summed E-state index contributed by atoms with van der Waals surface area (Å²) >= 11 is 3.18. The number of hydrogen-bond donors (Lipinski definition) is 2. The van der Waals surface area contributed by atoms with Crippen LogP contribution in [0.1, 0.15) is 13.8 Å². The lowest BCUT2D eigenvalue weighted by atomic mass is 10.2. The number of halogens is 1. The number of benzene rings is 1. The summed E-state index contributed by atoms with van der Waals surface area (Å²) < 4.78 is 0. The summed E-state index contributed by atoms with van der Waals surface area (Å²) in [4.78, 5) is 21.9. The van der Waals surface area contributed by atoms with Crippen LogP contribution in [0.25, 0.3) is 0 Å². The fraction of sp³-hybridized carbons (Fsp3) is 0.273. The number of rotatable bonds is 3. The molecule has 1 unspecified atom stereocenters. The monoisotopic (exact) mass is 284 g/mol. The Hall–Kier alpha value is -1.36. The number of anilines is 2. The number of carbonyl (C=O) groups is 2. The van der Waals surface area contributed by atoms with Crippen LogP contribution < -0.4 is 10.6 Å². The third kappa shape index (κ3) is 4.02. The van der Waals surface area contributed by atoms with Crippen molar-refractivity contribution in [3.05, 3.63) is 24.3 Å². The Morgan fingerprint density at radius 2 is 1.56 bits per heavy atom. The van der Waals surface area contributed by atoms with Gasteiger partial charge in [0.15, 0.2) is 0 Å². The van der Waals surface area contributed by atoms with Gasteiger partial charge in [0, 0.05) is 18.3 Å². The molecule has 1 aromatic carbocycles. The summed E-state index contributed by atoms with van der Waals surface area (Å²) in [5, 5.41) is 5.37. The Morgan fingerprint density at radius 1 is 1.12 bits per heavy atom. The van der Waals surface area contributed by atoms with Gasteiger partial charge >= 0.3 is 0 Å². The molecule has 1 aromatic rings. The van der Waals surface area contributed by atoms with E-state index < -0.39 is 0 Å². The summed E-state index contributed by atoms with van der Waals surface area (Å²) in [6.45, 7) is 3.20. The van der Waals surface area contributed by atoms with Gasteiger partial charge < -0.3 is 10.6 Å². The number of amides is 2. The van der Waals surface area contributed by atoms with E-state index in [1.807, 2.05) is 0 Å². The Kier molecular flexibility index (Phi) is 4.49. The highest BCUT2D eigenvalue weighted by molar-refractivity contribution is 9.10. The molecular weight excluding hydrogens is 272 g/mol. The molecule has 4 nitrogen and oxygen atoms in total. The third-order valence-corrected chi connectivity index (χ3v) is 2.25. The van der Waals surface area contributed by atoms with Crippen molar-refractivity contribution in [1.82, 2.24) is 0 Å². The number of alkyl halides is 1. The van der Waals surface area contributed by atoms with E-state index >= 15 is 0 Å². The van der Waals surface area contributed by atoms with Crippen LogP contribution >= 0.6 is 15.9 Å². The van der Waals surface area contributed by atoms with Gasteiger partial charge in [-0.2, -0.15) is 0 Å². The van der Waals surface area contributed by atoms with Crippen LogP contribution in [0, 0.1) is 0 Å². The zero-order chi connectivity index (χ0) is 12.1. The van der Waals surface area contributed by atoms with Crippen LogP contribution in [-0.4, -0.2) is 16.6 Å². The van der Waals surface area contributed by atoms with Crippen molar-refractivity contribution in [2.75, 3.05) is 10.6 Å². The van der Waals surface area contributed by atoms with Gasteiger partial charge in [-0.05, 0) is 31.2 Å². The van der Waals surface area contributed by atoms with Gasteiger partial charge in [-0.25, -0.2) is 0 Å². The van der Waals surface area contributed by atoms with Crippen LogP contribution in [0.2, 0.25) is 0 Å². The molecule has 2 N–H and O–H groups in total. The van der Waals surface area contributed by atoms with Gasteiger partial charge in [-0.1, -0.05) is 15.9 Å². The predicted molar refractivity (Wildman–Crippen MR) is 67.8 cm³/mol. The average molecular weight is 285 g/mol. The van der Waals surface area contributed by atoms with E-state index in [1.54, 1.807) is 31.2 Å². The van der Waals surface area contributed by atoms with Crippen molar-refractivity contribution in [2.45, 2.75) is 18.7 Å². The lowest BCUT2D eigenvalue weighted by Crippen LogP contribution is -2.19. The van der Waals surface area contributed by atoms with E-state index in [2.05, 4.69) is 26.6 Å². The van der Waals surface area contributed by atoms with Gasteiger partial charge in [0.25, 0.3) is 0 Å². The van der Waals surface area contributed by atoms with Crippen molar-refractivity contribution in [1.29, 1.82) is 0 Å². The zero-order valence-corrected chi connectivity index (χ0v) is 10.7. The summed E-state index contributed by atoms with van der Waals surface area (Å²) in [6.07, 6.45) is 0. The molecule has 0 saturated heterocycles. The van der Waals surface area contributed by atoms with Gasteiger partial charge in [-0.15, -0.1) is 0 Å². The van der Waals surface area contributed by atoms with Crippen molar-refractivity contribution >= 4 is 39.1 Å². The molecule has 0 heterocycles. The molecule has 0 bridgehead atoms. The maximum absolute atomic E-state index is 11.3. The fourth-order valence-electron chi connectivity index (χ4n) is 1.08. The highest BCUT2D eigenvalue weighted by atomic mass is 79.9. The Balaban J connectivity index is 2.64. The summed E-state index contributed by atoms with van der Waals surface area (Å²) in [6, 6.07) is 6.93. The second-order valence-electron chi connectivity index (χ2n) is 3.36. The lowest BCUT2D eigenvalue weighted by Gasteiger charge is -2.07. The second-order valence-corrected chi connectivity index (χ2v) is 4.74.